The number of anilines is 1. The van der Waals surface area contributed by atoms with Crippen LogP contribution in [0.3, 0.4) is 0 Å². The highest BCUT2D eigenvalue weighted by molar-refractivity contribution is 5.73. The molecule has 1 aromatic carbocycles. The molecule has 2 aliphatic heterocycles. The van der Waals surface area contributed by atoms with Crippen LogP contribution >= 0.6 is 0 Å². The van der Waals surface area contributed by atoms with Crippen LogP contribution in [0, 0.1) is 0 Å². The Balaban J connectivity index is 1.68. The van der Waals surface area contributed by atoms with Gasteiger partial charge in [-0.15, -0.1) is 0 Å². The third kappa shape index (κ3) is 3.71. The molecule has 24 heavy (non-hydrogen) atoms. The summed E-state index contributed by atoms with van der Waals surface area (Å²) in [6.45, 7) is 6.66. The molecule has 1 amide bonds. The van der Waals surface area contributed by atoms with Gasteiger partial charge in [0.15, 0.2) is 0 Å². The van der Waals surface area contributed by atoms with Gasteiger partial charge in [0.05, 0.1) is 25.4 Å². The highest BCUT2D eigenvalue weighted by atomic mass is 16.5. The number of hydrogen-bond acceptors (Lipinski definition) is 5. The standard InChI is InChI=1S/C18H27N3O3/c1-14(22)20-7-9-21(10-8-20)16-6-4-3-5-15(16)11-19(2)17-12-24-13-18(17)23/h3-6,17-18,23H,7-13H2,1-2H3/t17-,18-/m1/s1. The number of amides is 1. The van der Waals surface area contributed by atoms with Crippen molar-refractivity contribution in [2.24, 2.45) is 0 Å². The molecular weight excluding hydrogens is 306 g/mol. The van der Waals surface area contributed by atoms with Crippen molar-refractivity contribution in [1.82, 2.24) is 9.80 Å². The largest absolute Gasteiger partial charge is 0.389 e. The van der Waals surface area contributed by atoms with E-state index in [2.05, 4.69) is 34.1 Å². The molecule has 2 saturated heterocycles. The highest BCUT2D eigenvalue weighted by Gasteiger charge is 2.30. The van der Waals surface area contributed by atoms with E-state index in [1.807, 2.05) is 11.9 Å². The van der Waals surface area contributed by atoms with Gasteiger partial charge in [-0.25, -0.2) is 0 Å². The van der Waals surface area contributed by atoms with Crippen molar-refractivity contribution < 1.29 is 14.6 Å². The van der Waals surface area contributed by atoms with E-state index in [0.29, 0.717) is 13.2 Å². The van der Waals surface area contributed by atoms with Crippen LogP contribution in [0.2, 0.25) is 0 Å². The number of likely N-dealkylation sites (N-methyl/N-ethyl adjacent to an activating group) is 1. The van der Waals surface area contributed by atoms with Gasteiger partial charge >= 0.3 is 0 Å². The lowest BCUT2D eigenvalue weighted by atomic mass is 10.1. The second-order valence-electron chi connectivity index (χ2n) is 6.71. The quantitative estimate of drug-likeness (QED) is 0.872. The molecular formula is C18H27N3O3. The number of carbonyl (C=O) groups is 1. The Morgan fingerprint density at radius 2 is 1.96 bits per heavy atom. The van der Waals surface area contributed by atoms with Gasteiger partial charge in [-0.3, -0.25) is 9.69 Å². The number of ether oxygens (including phenoxy) is 1. The Kier molecular flexibility index (Phi) is 5.38. The fourth-order valence-corrected chi connectivity index (χ4v) is 3.55. The predicted molar refractivity (Wildman–Crippen MR) is 93.0 cm³/mol. The number of rotatable bonds is 4. The molecule has 0 saturated carbocycles. The fraction of sp³-hybridized carbons (Fsp3) is 0.611. The number of hydrogen-bond donors (Lipinski definition) is 1. The molecule has 0 aliphatic carbocycles. The van der Waals surface area contributed by atoms with Crippen LogP contribution in [0.4, 0.5) is 5.69 Å². The van der Waals surface area contributed by atoms with Gasteiger partial charge in [-0.05, 0) is 18.7 Å². The van der Waals surface area contributed by atoms with E-state index >= 15 is 0 Å². The SMILES string of the molecule is CC(=O)N1CCN(c2ccccc2CN(C)[C@@H]2COC[C@H]2O)CC1. The van der Waals surface area contributed by atoms with E-state index in [1.54, 1.807) is 6.92 Å². The summed E-state index contributed by atoms with van der Waals surface area (Å²) in [6.07, 6.45) is -0.415. The van der Waals surface area contributed by atoms with E-state index < -0.39 is 6.10 Å². The topological polar surface area (TPSA) is 56.3 Å². The average molecular weight is 333 g/mol. The number of benzene rings is 1. The van der Waals surface area contributed by atoms with Crippen molar-refractivity contribution in [2.45, 2.75) is 25.6 Å². The molecule has 0 bridgehead atoms. The summed E-state index contributed by atoms with van der Waals surface area (Å²) in [6, 6.07) is 8.45. The molecule has 6 nitrogen and oxygen atoms in total. The lowest BCUT2D eigenvalue weighted by Crippen LogP contribution is -2.48. The van der Waals surface area contributed by atoms with Gasteiger partial charge in [0.2, 0.25) is 5.91 Å². The Bertz CT molecular complexity index is 572. The first-order chi connectivity index (χ1) is 11.6. The first-order valence-electron chi connectivity index (χ1n) is 8.60. The summed E-state index contributed by atoms with van der Waals surface area (Å²) in [5.74, 6) is 0.151. The maximum absolute atomic E-state index is 11.5. The van der Waals surface area contributed by atoms with Crippen LogP contribution in [-0.4, -0.2) is 79.4 Å². The third-order valence-electron chi connectivity index (χ3n) is 5.06. The van der Waals surface area contributed by atoms with Crippen molar-refractivity contribution in [2.75, 3.05) is 51.3 Å². The number of carbonyl (C=O) groups excluding carboxylic acids is 1. The maximum Gasteiger partial charge on any atom is 0.219 e. The molecule has 2 heterocycles. The van der Waals surface area contributed by atoms with Crippen molar-refractivity contribution in [3.8, 4) is 0 Å². The lowest BCUT2D eigenvalue weighted by Gasteiger charge is -2.37. The average Bonchev–Trinajstić information content (AvgIpc) is 3.01. The monoisotopic (exact) mass is 333 g/mol. The van der Waals surface area contributed by atoms with Crippen LogP contribution < -0.4 is 4.90 Å². The number of nitrogens with zero attached hydrogens (tertiary/aromatic N) is 3. The van der Waals surface area contributed by atoms with Crippen molar-refractivity contribution in [3.63, 3.8) is 0 Å². The minimum absolute atomic E-state index is 0.0487. The van der Waals surface area contributed by atoms with Gasteiger partial charge in [0.1, 0.15) is 0 Å². The summed E-state index contributed by atoms with van der Waals surface area (Å²) in [7, 11) is 2.03. The second-order valence-corrected chi connectivity index (χ2v) is 6.71. The van der Waals surface area contributed by atoms with Gasteiger partial charge in [0, 0.05) is 45.3 Å². The molecule has 0 aromatic heterocycles. The Morgan fingerprint density at radius 3 is 2.58 bits per heavy atom. The molecule has 2 fully saturated rings. The van der Waals surface area contributed by atoms with E-state index in [1.165, 1.54) is 11.3 Å². The summed E-state index contributed by atoms with van der Waals surface area (Å²) >= 11 is 0. The van der Waals surface area contributed by atoms with E-state index in [4.69, 9.17) is 4.74 Å². The fourth-order valence-electron chi connectivity index (χ4n) is 3.55. The van der Waals surface area contributed by atoms with Crippen LogP contribution in [0.5, 0.6) is 0 Å². The van der Waals surface area contributed by atoms with E-state index in [9.17, 15) is 9.90 Å². The molecule has 132 valence electrons. The molecule has 1 aromatic rings. The molecule has 0 unspecified atom stereocenters. The second kappa shape index (κ2) is 7.51. The van der Waals surface area contributed by atoms with Crippen LogP contribution in [0.15, 0.2) is 24.3 Å². The first kappa shape index (κ1) is 17.2. The third-order valence-corrected chi connectivity index (χ3v) is 5.06. The number of aliphatic hydroxyl groups excluding tert-OH is 1. The van der Waals surface area contributed by atoms with Crippen molar-refractivity contribution in [3.05, 3.63) is 29.8 Å². The van der Waals surface area contributed by atoms with Gasteiger partial charge < -0.3 is 19.6 Å². The zero-order chi connectivity index (χ0) is 17.1. The highest BCUT2D eigenvalue weighted by Crippen LogP contribution is 2.24. The van der Waals surface area contributed by atoms with Crippen LogP contribution in [0.25, 0.3) is 0 Å². The minimum atomic E-state index is -0.415. The smallest absolute Gasteiger partial charge is 0.219 e. The summed E-state index contributed by atoms with van der Waals surface area (Å²) in [5.41, 5.74) is 2.47. The summed E-state index contributed by atoms with van der Waals surface area (Å²) in [5, 5.41) is 10.0. The van der Waals surface area contributed by atoms with Gasteiger partial charge in [-0.1, -0.05) is 18.2 Å². The lowest BCUT2D eigenvalue weighted by molar-refractivity contribution is -0.129. The molecule has 2 atom stereocenters. The molecule has 0 spiro atoms. The maximum atomic E-state index is 11.5. The summed E-state index contributed by atoms with van der Waals surface area (Å²) in [4.78, 5) is 17.9. The Morgan fingerprint density at radius 1 is 1.25 bits per heavy atom. The van der Waals surface area contributed by atoms with Crippen molar-refractivity contribution >= 4 is 11.6 Å². The van der Waals surface area contributed by atoms with Gasteiger partial charge in [-0.2, -0.15) is 0 Å². The molecule has 0 radical (unpaired) electrons. The molecule has 2 aliphatic rings. The normalized spacial score (nSPS) is 24.7. The van der Waals surface area contributed by atoms with Crippen molar-refractivity contribution in [1.29, 1.82) is 0 Å². The molecule has 1 N–H and O–H groups in total. The van der Waals surface area contributed by atoms with Crippen LogP contribution in [-0.2, 0) is 16.1 Å². The van der Waals surface area contributed by atoms with E-state index in [0.717, 1.165) is 32.7 Å². The van der Waals surface area contributed by atoms with Gasteiger partial charge in [0.25, 0.3) is 0 Å². The zero-order valence-electron chi connectivity index (χ0n) is 14.5. The zero-order valence-corrected chi connectivity index (χ0v) is 14.5. The minimum Gasteiger partial charge on any atom is -0.389 e. The molecule has 3 rings (SSSR count). The Labute approximate surface area is 143 Å². The number of aliphatic hydroxyl groups is 1. The Hall–Kier alpha value is -1.63. The van der Waals surface area contributed by atoms with Crippen LogP contribution in [0.1, 0.15) is 12.5 Å². The number of piperazine rings is 1. The number of para-hydroxylation sites is 1. The van der Waals surface area contributed by atoms with E-state index in [-0.39, 0.29) is 11.9 Å². The molecule has 6 heteroatoms. The first-order valence-corrected chi connectivity index (χ1v) is 8.60. The predicted octanol–water partition coefficient (Wildman–Crippen LogP) is 0.547. The summed E-state index contributed by atoms with van der Waals surface area (Å²) < 4.78 is 5.37.